The monoisotopic (exact) mass is 241 g/mol. The van der Waals surface area contributed by atoms with Crippen molar-refractivity contribution in [3.63, 3.8) is 0 Å². The molecule has 0 spiro atoms. The summed E-state index contributed by atoms with van der Waals surface area (Å²) in [6.45, 7) is 1.91. The molecule has 0 heterocycles. The quantitative estimate of drug-likeness (QED) is 0.803. The highest BCUT2D eigenvalue weighted by Crippen LogP contribution is 2.30. The maximum Gasteiger partial charge on any atom is 0.141 e. The van der Waals surface area contributed by atoms with Gasteiger partial charge in [-0.05, 0) is 36.2 Å². The first kappa shape index (κ1) is 12.1. The van der Waals surface area contributed by atoms with Crippen molar-refractivity contribution < 1.29 is 9.13 Å². The van der Waals surface area contributed by atoms with Crippen LogP contribution in [0.15, 0.2) is 36.4 Å². The van der Waals surface area contributed by atoms with Gasteiger partial charge in [-0.3, -0.25) is 0 Å². The molecule has 0 atom stereocenters. The normalized spacial score (nSPS) is 9.89. The highest BCUT2D eigenvalue weighted by Gasteiger charge is 2.11. The van der Waals surface area contributed by atoms with Crippen LogP contribution >= 0.6 is 0 Å². The second-order valence-electron chi connectivity index (χ2n) is 3.96. The Balaban J connectivity index is 2.63. The van der Waals surface area contributed by atoms with E-state index in [-0.39, 0.29) is 5.56 Å². The topological polar surface area (TPSA) is 33.0 Å². The van der Waals surface area contributed by atoms with Crippen molar-refractivity contribution in [2.24, 2.45) is 0 Å². The Morgan fingerprint density at radius 2 is 1.94 bits per heavy atom. The van der Waals surface area contributed by atoms with Crippen LogP contribution in [-0.4, -0.2) is 7.11 Å². The maximum atomic E-state index is 13.6. The molecule has 0 aliphatic carbocycles. The number of nitriles is 1. The number of methoxy groups -OCH3 is 1. The summed E-state index contributed by atoms with van der Waals surface area (Å²) in [7, 11) is 1.59. The SMILES string of the molecule is COc1ccc(-c2cccc(F)c2C#N)c(C)c1. The molecular weight excluding hydrogens is 229 g/mol. The summed E-state index contributed by atoms with van der Waals surface area (Å²) in [5.41, 5.74) is 2.46. The van der Waals surface area contributed by atoms with Crippen molar-refractivity contribution in [2.45, 2.75) is 6.92 Å². The first-order valence-corrected chi connectivity index (χ1v) is 5.51. The van der Waals surface area contributed by atoms with E-state index in [1.54, 1.807) is 25.3 Å². The molecule has 0 saturated heterocycles. The van der Waals surface area contributed by atoms with E-state index in [4.69, 9.17) is 10.00 Å². The lowest BCUT2D eigenvalue weighted by molar-refractivity contribution is 0.414. The van der Waals surface area contributed by atoms with Crippen molar-refractivity contribution in [1.82, 2.24) is 0 Å². The van der Waals surface area contributed by atoms with Gasteiger partial charge in [-0.25, -0.2) is 4.39 Å². The largest absolute Gasteiger partial charge is 0.497 e. The molecule has 0 N–H and O–H groups in total. The molecule has 18 heavy (non-hydrogen) atoms. The molecule has 0 unspecified atom stereocenters. The fourth-order valence-electron chi connectivity index (χ4n) is 1.93. The minimum absolute atomic E-state index is 0.0748. The lowest BCUT2D eigenvalue weighted by Gasteiger charge is -2.10. The number of benzene rings is 2. The third kappa shape index (κ3) is 2.05. The van der Waals surface area contributed by atoms with Crippen LogP contribution in [-0.2, 0) is 0 Å². The second-order valence-corrected chi connectivity index (χ2v) is 3.96. The third-order valence-electron chi connectivity index (χ3n) is 2.85. The van der Waals surface area contributed by atoms with Crippen molar-refractivity contribution in [2.75, 3.05) is 7.11 Å². The van der Waals surface area contributed by atoms with Gasteiger partial charge in [-0.2, -0.15) is 5.26 Å². The predicted octanol–water partition coefficient (Wildman–Crippen LogP) is 3.68. The van der Waals surface area contributed by atoms with Crippen LogP contribution in [0.5, 0.6) is 5.75 Å². The summed E-state index contributed by atoms with van der Waals surface area (Å²) in [6, 6.07) is 12.1. The van der Waals surface area contributed by atoms with Gasteiger partial charge in [0.25, 0.3) is 0 Å². The number of nitrogens with zero attached hydrogens (tertiary/aromatic N) is 1. The van der Waals surface area contributed by atoms with Gasteiger partial charge < -0.3 is 4.74 Å². The zero-order chi connectivity index (χ0) is 13.1. The molecule has 0 aliphatic rings. The van der Waals surface area contributed by atoms with Crippen LogP contribution < -0.4 is 4.74 Å². The summed E-state index contributed by atoms with van der Waals surface area (Å²) >= 11 is 0. The molecule has 2 aromatic rings. The molecule has 0 amide bonds. The lowest BCUT2D eigenvalue weighted by Crippen LogP contribution is -1.92. The first-order valence-electron chi connectivity index (χ1n) is 5.51. The van der Waals surface area contributed by atoms with E-state index in [1.807, 2.05) is 25.1 Å². The Kier molecular flexibility index (Phi) is 3.29. The number of ether oxygens (including phenoxy) is 1. The van der Waals surface area contributed by atoms with E-state index < -0.39 is 5.82 Å². The second kappa shape index (κ2) is 4.89. The molecule has 2 aromatic carbocycles. The fraction of sp³-hybridized carbons (Fsp3) is 0.133. The highest BCUT2D eigenvalue weighted by molar-refractivity contribution is 5.74. The van der Waals surface area contributed by atoms with Gasteiger partial charge in [0.1, 0.15) is 17.6 Å². The van der Waals surface area contributed by atoms with Crippen molar-refractivity contribution in [3.05, 3.63) is 53.3 Å². The number of hydrogen-bond acceptors (Lipinski definition) is 2. The molecule has 0 aromatic heterocycles. The van der Waals surface area contributed by atoms with Crippen LogP contribution in [0.2, 0.25) is 0 Å². The van der Waals surface area contributed by atoms with Gasteiger partial charge in [0.05, 0.1) is 12.7 Å². The summed E-state index contributed by atoms with van der Waals surface area (Å²) < 4.78 is 18.7. The average Bonchev–Trinajstić information content (AvgIpc) is 2.38. The Morgan fingerprint density at radius 1 is 1.17 bits per heavy atom. The van der Waals surface area contributed by atoms with Crippen LogP contribution in [0.25, 0.3) is 11.1 Å². The van der Waals surface area contributed by atoms with Gasteiger partial charge in [-0.15, -0.1) is 0 Å². The van der Waals surface area contributed by atoms with Gasteiger partial charge >= 0.3 is 0 Å². The Labute approximate surface area is 105 Å². The number of aryl methyl sites for hydroxylation is 1. The van der Waals surface area contributed by atoms with Gasteiger partial charge in [0.15, 0.2) is 0 Å². The first-order chi connectivity index (χ1) is 8.67. The van der Waals surface area contributed by atoms with Crippen LogP contribution in [0.4, 0.5) is 4.39 Å². The van der Waals surface area contributed by atoms with Crippen LogP contribution in [0, 0.1) is 24.1 Å². The highest BCUT2D eigenvalue weighted by atomic mass is 19.1. The summed E-state index contributed by atoms with van der Waals surface area (Å²) in [6.07, 6.45) is 0. The third-order valence-corrected chi connectivity index (χ3v) is 2.85. The van der Waals surface area contributed by atoms with Crippen molar-refractivity contribution in [1.29, 1.82) is 5.26 Å². The maximum absolute atomic E-state index is 13.6. The summed E-state index contributed by atoms with van der Waals surface area (Å²) in [5.74, 6) is 0.247. The minimum atomic E-state index is -0.495. The molecule has 0 aliphatic heterocycles. The van der Waals surface area contributed by atoms with Crippen molar-refractivity contribution in [3.8, 4) is 22.9 Å². The standard InChI is InChI=1S/C15H12FNO/c1-10-8-11(18-2)6-7-12(10)13-4-3-5-15(16)14(13)9-17/h3-8H,1-2H3. The van der Waals surface area contributed by atoms with Crippen LogP contribution in [0.1, 0.15) is 11.1 Å². The Hall–Kier alpha value is -2.34. The van der Waals surface area contributed by atoms with Crippen LogP contribution in [0.3, 0.4) is 0 Å². The van der Waals surface area contributed by atoms with E-state index in [2.05, 4.69) is 0 Å². The van der Waals surface area contributed by atoms with E-state index in [1.165, 1.54) is 6.07 Å². The minimum Gasteiger partial charge on any atom is -0.497 e. The predicted molar refractivity (Wildman–Crippen MR) is 67.8 cm³/mol. The van der Waals surface area contributed by atoms with E-state index in [9.17, 15) is 4.39 Å². The Bertz CT molecular complexity index is 629. The fourth-order valence-corrected chi connectivity index (χ4v) is 1.93. The number of halogens is 1. The number of rotatable bonds is 2. The average molecular weight is 241 g/mol. The zero-order valence-corrected chi connectivity index (χ0v) is 10.2. The molecule has 0 saturated carbocycles. The van der Waals surface area contributed by atoms with E-state index in [0.717, 1.165) is 16.9 Å². The van der Waals surface area contributed by atoms with E-state index >= 15 is 0 Å². The molecular formula is C15H12FNO. The summed E-state index contributed by atoms with van der Waals surface area (Å²) in [5, 5.41) is 9.04. The molecule has 3 heteroatoms. The van der Waals surface area contributed by atoms with Gasteiger partial charge in [-0.1, -0.05) is 18.2 Å². The lowest BCUT2D eigenvalue weighted by atomic mass is 9.96. The molecule has 0 bridgehead atoms. The molecule has 0 radical (unpaired) electrons. The molecule has 2 rings (SSSR count). The molecule has 90 valence electrons. The van der Waals surface area contributed by atoms with Crippen molar-refractivity contribution >= 4 is 0 Å². The molecule has 2 nitrogen and oxygen atoms in total. The smallest absolute Gasteiger partial charge is 0.141 e. The van der Waals surface area contributed by atoms with Gasteiger partial charge in [0, 0.05) is 5.56 Å². The molecule has 0 fully saturated rings. The Morgan fingerprint density at radius 3 is 2.56 bits per heavy atom. The zero-order valence-electron chi connectivity index (χ0n) is 10.2. The van der Waals surface area contributed by atoms with E-state index in [0.29, 0.717) is 5.56 Å². The number of hydrogen-bond donors (Lipinski definition) is 0. The summed E-state index contributed by atoms with van der Waals surface area (Å²) in [4.78, 5) is 0. The van der Waals surface area contributed by atoms with Gasteiger partial charge in [0.2, 0.25) is 0 Å².